The minimum Gasteiger partial charge on any atom is -0.398 e. The van der Waals surface area contributed by atoms with Gasteiger partial charge >= 0.3 is 0 Å². The summed E-state index contributed by atoms with van der Waals surface area (Å²) in [5.74, 6) is -0.772. The van der Waals surface area contributed by atoms with E-state index in [-0.39, 0.29) is 28.8 Å². The fourth-order valence-electron chi connectivity index (χ4n) is 3.13. The second-order valence-corrected chi connectivity index (χ2v) is 7.82. The average Bonchev–Trinajstić information content (AvgIpc) is 3.24. The van der Waals surface area contributed by atoms with Crippen LogP contribution >= 0.6 is 11.3 Å². The normalized spacial score (nSPS) is 12.1. The molecular weight excluding hydrogens is 400 g/mol. The fourth-order valence-corrected chi connectivity index (χ4v) is 4.07. The van der Waals surface area contributed by atoms with Gasteiger partial charge in [0.25, 0.3) is 0 Å². The van der Waals surface area contributed by atoms with Crippen LogP contribution in [0, 0.1) is 17.0 Å². The van der Waals surface area contributed by atoms with Crippen LogP contribution < -0.4 is 11.1 Å². The van der Waals surface area contributed by atoms with E-state index in [1.165, 1.54) is 24.3 Å². The Morgan fingerprint density at radius 3 is 2.60 bits per heavy atom. The summed E-state index contributed by atoms with van der Waals surface area (Å²) < 4.78 is 27.6. The summed E-state index contributed by atoms with van der Waals surface area (Å²) in [6, 6.07) is 12.7. The Balaban J connectivity index is 1.82. The molecule has 1 aromatic heterocycles. The number of hydrogen-bond acceptors (Lipinski definition) is 4. The van der Waals surface area contributed by atoms with Crippen LogP contribution in [0.5, 0.6) is 0 Å². The van der Waals surface area contributed by atoms with E-state index in [1.807, 2.05) is 17.5 Å². The molecule has 1 heterocycles. The molecule has 4 N–H and O–H groups in total. The van der Waals surface area contributed by atoms with E-state index in [2.05, 4.69) is 18.8 Å². The molecule has 0 bridgehead atoms. The molecule has 0 saturated carbocycles. The number of thiophene rings is 1. The Labute approximate surface area is 179 Å². The van der Waals surface area contributed by atoms with Crippen molar-refractivity contribution in [3.63, 3.8) is 0 Å². The van der Waals surface area contributed by atoms with Crippen LogP contribution in [0.15, 0.2) is 72.3 Å². The number of nitrogen functional groups attached to an aromatic ring is 1. The summed E-state index contributed by atoms with van der Waals surface area (Å²) in [7, 11) is 0. The lowest BCUT2D eigenvalue weighted by molar-refractivity contribution is 0.627. The number of rotatable bonds is 8. The summed E-state index contributed by atoms with van der Waals surface area (Å²) in [6.07, 6.45) is 4.06. The van der Waals surface area contributed by atoms with Gasteiger partial charge in [0.05, 0.1) is 11.4 Å². The van der Waals surface area contributed by atoms with Gasteiger partial charge in [0.1, 0.15) is 11.6 Å². The molecule has 2 aromatic carbocycles. The number of nitrogens with two attached hydrogens (primary N) is 1. The summed E-state index contributed by atoms with van der Waals surface area (Å²) in [6.45, 7) is 6.15. The lowest BCUT2D eigenvalue weighted by Gasteiger charge is -2.20. The minimum absolute atomic E-state index is 0.0585. The van der Waals surface area contributed by atoms with Gasteiger partial charge in [-0.15, -0.1) is 11.3 Å². The number of nitrogens with one attached hydrogen (secondary N) is 2. The second-order valence-electron chi connectivity index (χ2n) is 6.84. The molecule has 0 aliphatic rings. The monoisotopic (exact) mass is 423 g/mol. The first-order valence-corrected chi connectivity index (χ1v) is 10.4. The van der Waals surface area contributed by atoms with Gasteiger partial charge in [-0.3, -0.25) is 0 Å². The van der Waals surface area contributed by atoms with Crippen LogP contribution in [0.4, 0.5) is 20.2 Å². The van der Waals surface area contributed by atoms with Crippen molar-refractivity contribution in [2.45, 2.75) is 19.3 Å². The van der Waals surface area contributed by atoms with Crippen molar-refractivity contribution in [2.24, 2.45) is 0 Å². The Bertz CT molecular complexity index is 1070. The molecule has 0 aliphatic carbocycles. The van der Waals surface area contributed by atoms with Gasteiger partial charge in [0.15, 0.2) is 0 Å². The van der Waals surface area contributed by atoms with Crippen LogP contribution in [0.1, 0.15) is 35.3 Å². The van der Waals surface area contributed by atoms with Gasteiger partial charge in [-0.2, -0.15) is 0 Å². The van der Waals surface area contributed by atoms with Gasteiger partial charge in [-0.25, -0.2) is 8.78 Å². The highest BCUT2D eigenvalue weighted by Gasteiger charge is 2.17. The molecule has 0 radical (unpaired) electrons. The number of benzene rings is 2. The van der Waals surface area contributed by atoms with Gasteiger partial charge in [-0.1, -0.05) is 37.8 Å². The highest BCUT2D eigenvalue weighted by molar-refractivity contribution is 7.10. The van der Waals surface area contributed by atoms with E-state index in [0.29, 0.717) is 11.3 Å². The topological polar surface area (TPSA) is 61.9 Å². The minimum atomic E-state index is -0.506. The molecule has 3 rings (SSSR count). The van der Waals surface area contributed by atoms with Gasteiger partial charge in [0.2, 0.25) is 0 Å². The zero-order chi connectivity index (χ0) is 21.7. The summed E-state index contributed by atoms with van der Waals surface area (Å²) in [5.41, 5.74) is 8.30. The average molecular weight is 424 g/mol. The predicted octanol–water partition coefficient (Wildman–Crippen LogP) is 6.81. The highest BCUT2D eigenvalue weighted by Crippen LogP contribution is 2.32. The summed E-state index contributed by atoms with van der Waals surface area (Å²) >= 11 is 1.63. The third kappa shape index (κ3) is 5.02. The first-order valence-electron chi connectivity index (χ1n) is 9.49. The van der Waals surface area contributed by atoms with Crippen molar-refractivity contribution in [1.82, 2.24) is 0 Å². The quantitative estimate of drug-likeness (QED) is 0.275. The maximum atomic E-state index is 14.5. The Morgan fingerprint density at radius 2 is 1.97 bits per heavy atom. The molecule has 154 valence electrons. The number of anilines is 2. The predicted molar refractivity (Wildman–Crippen MR) is 123 cm³/mol. The molecule has 0 saturated heterocycles. The van der Waals surface area contributed by atoms with E-state index in [0.717, 1.165) is 16.9 Å². The molecule has 0 spiro atoms. The highest BCUT2D eigenvalue weighted by atomic mass is 32.1. The number of halogens is 2. The molecule has 1 unspecified atom stereocenters. The third-order valence-corrected chi connectivity index (χ3v) is 5.74. The van der Waals surface area contributed by atoms with Crippen LogP contribution in [0.25, 0.3) is 6.08 Å². The maximum Gasteiger partial charge on any atom is 0.148 e. The lowest BCUT2D eigenvalue weighted by Crippen LogP contribution is -2.11. The van der Waals surface area contributed by atoms with Gasteiger partial charge in [0, 0.05) is 27.7 Å². The summed E-state index contributed by atoms with van der Waals surface area (Å²) in [5, 5.41) is 13.4. The van der Waals surface area contributed by atoms with Crippen molar-refractivity contribution < 1.29 is 8.78 Å². The number of allylic oxidation sites excluding steroid dienone is 2. The van der Waals surface area contributed by atoms with E-state index in [9.17, 15) is 8.78 Å². The third-order valence-electron chi connectivity index (χ3n) is 4.75. The van der Waals surface area contributed by atoms with E-state index >= 15 is 0 Å². The number of hydrogen-bond donors (Lipinski definition) is 3. The molecule has 0 amide bonds. The summed E-state index contributed by atoms with van der Waals surface area (Å²) in [4.78, 5) is 1.15. The standard InChI is InChI=1S/C24H23F2N3S/c1-3-18(24-5-4-12-30-24)15(2)29-23-13-19(22(28)14-20(23)26)21(27)11-8-16-6-9-17(25)10-7-16/h4-14,18,27,29H,2-3,28H2,1H3/b11-8+,27-21?. The SMILES string of the molecule is C=C(Nc1cc(C(=N)/C=C/c2ccc(F)cc2)c(N)cc1F)C(CC)c1cccs1. The molecule has 1 atom stereocenters. The van der Waals surface area contributed by atoms with Gasteiger partial charge in [-0.05, 0) is 53.8 Å². The first kappa shape index (κ1) is 21.5. The zero-order valence-electron chi connectivity index (χ0n) is 16.6. The van der Waals surface area contributed by atoms with Crippen molar-refractivity contribution in [2.75, 3.05) is 11.1 Å². The molecule has 6 heteroatoms. The zero-order valence-corrected chi connectivity index (χ0v) is 17.4. The van der Waals surface area contributed by atoms with Crippen LogP contribution in [-0.4, -0.2) is 5.71 Å². The largest absolute Gasteiger partial charge is 0.398 e. The van der Waals surface area contributed by atoms with Crippen molar-refractivity contribution >= 4 is 34.5 Å². The Morgan fingerprint density at radius 1 is 1.23 bits per heavy atom. The van der Waals surface area contributed by atoms with Crippen LogP contribution in [-0.2, 0) is 0 Å². The second kappa shape index (κ2) is 9.50. The van der Waals surface area contributed by atoms with Crippen molar-refractivity contribution in [3.8, 4) is 0 Å². The van der Waals surface area contributed by atoms with Crippen LogP contribution in [0.3, 0.4) is 0 Å². The van der Waals surface area contributed by atoms with Gasteiger partial charge < -0.3 is 16.5 Å². The Hall–Kier alpha value is -3.25. The molecule has 30 heavy (non-hydrogen) atoms. The van der Waals surface area contributed by atoms with Crippen LogP contribution in [0.2, 0.25) is 0 Å². The van der Waals surface area contributed by atoms with E-state index in [1.54, 1.807) is 35.6 Å². The van der Waals surface area contributed by atoms with E-state index in [4.69, 9.17) is 11.1 Å². The lowest BCUT2D eigenvalue weighted by atomic mass is 10.00. The molecule has 0 aliphatic heterocycles. The van der Waals surface area contributed by atoms with E-state index < -0.39 is 5.82 Å². The molecule has 3 nitrogen and oxygen atoms in total. The Kier molecular flexibility index (Phi) is 6.79. The van der Waals surface area contributed by atoms with Crippen molar-refractivity contribution in [3.05, 3.63) is 99.9 Å². The molecular formula is C24H23F2N3S. The molecule has 3 aromatic rings. The first-order chi connectivity index (χ1) is 14.4. The fraction of sp³-hybridized carbons (Fsp3) is 0.125. The smallest absolute Gasteiger partial charge is 0.148 e. The molecule has 0 fully saturated rings. The van der Waals surface area contributed by atoms with Crippen molar-refractivity contribution in [1.29, 1.82) is 5.41 Å². The maximum absolute atomic E-state index is 14.5.